The highest BCUT2D eigenvalue weighted by Crippen LogP contribution is 2.31. The van der Waals surface area contributed by atoms with Crippen molar-refractivity contribution in [1.82, 2.24) is 18.9 Å². The molecule has 1 saturated heterocycles. The first-order chi connectivity index (χ1) is 15.9. The van der Waals surface area contributed by atoms with Crippen LogP contribution in [0.4, 0.5) is 5.82 Å². The molecule has 1 atom stereocenters. The van der Waals surface area contributed by atoms with Gasteiger partial charge in [-0.3, -0.25) is 0 Å². The smallest absolute Gasteiger partial charge is 0.252 e. The van der Waals surface area contributed by atoms with Crippen LogP contribution in [0.1, 0.15) is 12.8 Å². The average Bonchev–Trinajstić information content (AvgIpc) is 3.49. The van der Waals surface area contributed by atoms with Gasteiger partial charge in [-0.1, -0.05) is 35.9 Å². The average molecular weight is 567 g/mol. The Morgan fingerprint density at radius 3 is 2.88 bits per heavy atom. The summed E-state index contributed by atoms with van der Waals surface area (Å²) in [4.78, 5) is 4.74. The number of hydrogen-bond acceptors (Lipinski definition) is 6. The molecule has 7 nitrogen and oxygen atoms in total. The van der Waals surface area contributed by atoms with E-state index in [1.165, 1.54) is 11.3 Å². The summed E-state index contributed by atoms with van der Waals surface area (Å²) in [5, 5.41) is 10.3. The van der Waals surface area contributed by atoms with E-state index < -0.39 is 10.0 Å². The Balaban J connectivity index is 1.39. The third-order valence-corrected chi connectivity index (χ3v) is 9.85. The molecular formula is C22H21BrClN5O2S2. The lowest BCUT2D eigenvalue weighted by Gasteiger charge is -2.31. The number of hydrogen-bond donors (Lipinski definition) is 1. The summed E-state index contributed by atoms with van der Waals surface area (Å²) < 4.78 is 30.4. The summed E-state index contributed by atoms with van der Waals surface area (Å²) in [6, 6.07) is 13.0. The summed E-state index contributed by atoms with van der Waals surface area (Å²) in [6.07, 6.45) is 3.50. The number of anilines is 1. The van der Waals surface area contributed by atoms with E-state index in [4.69, 9.17) is 16.6 Å². The highest BCUT2D eigenvalue weighted by molar-refractivity contribution is 9.10. The maximum absolute atomic E-state index is 13.0. The second-order valence-corrected chi connectivity index (χ2v) is 12.3. The normalized spacial score (nSPS) is 17.5. The van der Waals surface area contributed by atoms with Gasteiger partial charge in [0.25, 0.3) is 10.0 Å². The van der Waals surface area contributed by atoms with Crippen molar-refractivity contribution in [3.05, 3.63) is 63.5 Å². The molecule has 1 aliphatic heterocycles. The van der Waals surface area contributed by atoms with E-state index >= 15 is 0 Å². The standard InChI is InChI=1S/C22H21BrClN5O2S2/c23-17-13-26-29-20(11-19(27-22(17)29)16-6-1-2-7-18(16)24)25-12-15-5-3-9-28(14-15)33(30,31)21-8-4-10-32-21/h1-2,4,6-8,10-11,13,15,25H,3,5,9,12,14H2. The maximum atomic E-state index is 13.0. The van der Waals surface area contributed by atoms with Crippen LogP contribution in [0.2, 0.25) is 5.02 Å². The van der Waals surface area contributed by atoms with Crippen LogP contribution in [-0.4, -0.2) is 47.0 Å². The molecular weight excluding hydrogens is 546 g/mol. The largest absolute Gasteiger partial charge is 0.370 e. The maximum Gasteiger partial charge on any atom is 0.252 e. The summed E-state index contributed by atoms with van der Waals surface area (Å²) in [5.41, 5.74) is 2.26. The van der Waals surface area contributed by atoms with Gasteiger partial charge < -0.3 is 5.32 Å². The number of aromatic nitrogens is 3. The molecule has 4 heterocycles. The summed E-state index contributed by atoms with van der Waals surface area (Å²) in [7, 11) is -3.44. The van der Waals surface area contributed by atoms with Crippen molar-refractivity contribution in [2.24, 2.45) is 5.92 Å². The van der Waals surface area contributed by atoms with Crippen molar-refractivity contribution < 1.29 is 8.42 Å². The van der Waals surface area contributed by atoms with Crippen LogP contribution in [0.5, 0.6) is 0 Å². The highest BCUT2D eigenvalue weighted by atomic mass is 79.9. The fourth-order valence-corrected chi connectivity index (χ4v) is 7.35. The van der Waals surface area contributed by atoms with Crippen molar-refractivity contribution >= 4 is 60.4 Å². The molecule has 0 radical (unpaired) electrons. The predicted octanol–water partition coefficient (Wildman–Crippen LogP) is 5.39. The fourth-order valence-electron chi connectivity index (χ4n) is 4.07. The molecule has 0 saturated carbocycles. The van der Waals surface area contributed by atoms with Gasteiger partial charge in [0, 0.05) is 36.3 Å². The predicted molar refractivity (Wildman–Crippen MR) is 135 cm³/mol. The molecule has 5 rings (SSSR count). The van der Waals surface area contributed by atoms with Crippen molar-refractivity contribution in [1.29, 1.82) is 0 Å². The second-order valence-electron chi connectivity index (χ2n) is 7.92. The first kappa shape index (κ1) is 22.8. The topological polar surface area (TPSA) is 79.6 Å². The summed E-state index contributed by atoms with van der Waals surface area (Å²) in [5.74, 6) is 0.957. The zero-order valence-electron chi connectivity index (χ0n) is 17.5. The molecule has 1 fully saturated rings. The van der Waals surface area contributed by atoms with Crippen LogP contribution in [0.3, 0.4) is 0 Å². The quantitative estimate of drug-likeness (QED) is 0.339. The molecule has 0 aliphatic carbocycles. The van der Waals surface area contributed by atoms with E-state index in [1.807, 2.05) is 30.3 Å². The van der Waals surface area contributed by atoms with Crippen molar-refractivity contribution in [3.63, 3.8) is 0 Å². The Hall–Kier alpha value is -1.98. The fraction of sp³-hybridized carbons (Fsp3) is 0.273. The lowest BCUT2D eigenvalue weighted by molar-refractivity contribution is 0.275. The second kappa shape index (κ2) is 9.34. The van der Waals surface area contributed by atoms with Gasteiger partial charge in [-0.15, -0.1) is 11.3 Å². The van der Waals surface area contributed by atoms with Gasteiger partial charge in [0.1, 0.15) is 10.0 Å². The minimum Gasteiger partial charge on any atom is -0.370 e. The lowest BCUT2D eigenvalue weighted by Crippen LogP contribution is -2.41. The zero-order chi connectivity index (χ0) is 23.0. The van der Waals surface area contributed by atoms with Crippen LogP contribution in [0, 0.1) is 5.92 Å². The van der Waals surface area contributed by atoms with E-state index in [1.54, 1.807) is 32.5 Å². The molecule has 4 aromatic rings. The molecule has 1 unspecified atom stereocenters. The highest BCUT2D eigenvalue weighted by Gasteiger charge is 2.31. The minimum atomic E-state index is -3.44. The number of fused-ring (bicyclic) bond motifs is 1. The number of nitrogens with zero attached hydrogens (tertiary/aromatic N) is 4. The summed E-state index contributed by atoms with van der Waals surface area (Å²) in [6.45, 7) is 1.66. The zero-order valence-corrected chi connectivity index (χ0v) is 21.5. The molecule has 3 aromatic heterocycles. The van der Waals surface area contributed by atoms with Crippen LogP contribution >= 0.6 is 38.9 Å². The summed E-state index contributed by atoms with van der Waals surface area (Å²) >= 11 is 11.2. The molecule has 172 valence electrons. The third kappa shape index (κ3) is 4.54. The molecule has 1 N–H and O–H groups in total. The Morgan fingerprint density at radius 1 is 1.24 bits per heavy atom. The first-order valence-electron chi connectivity index (χ1n) is 10.5. The van der Waals surface area contributed by atoms with Crippen LogP contribution in [0.25, 0.3) is 16.9 Å². The van der Waals surface area contributed by atoms with E-state index in [0.29, 0.717) is 34.5 Å². The Labute approximate surface area is 209 Å². The molecule has 0 amide bonds. The van der Waals surface area contributed by atoms with Gasteiger partial charge in [-0.2, -0.15) is 13.9 Å². The van der Waals surface area contributed by atoms with Gasteiger partial charge in [0.15, 0.2) is 5.65 Å². The van der Waals surface area contributed by atoms with Gasteiger partial charge in [0.05, 0.1) is 16.4 Å². The number of thiophene rings is 1. The lowest BCUT2D eigenvalue weighted by atomic mass is 10.00. The Bertz CT molecular complexity index is 1390. The number of piperidine rings is 1. The number of sulfonamides is 1. The third-order valence-electron chi connectivity index (χ3n) is 5.72. The van der Waals surface area contributed by atoms with Crippen LogP contribution in [-0.2, 0) is 10.0 Å². The Morgan fingerprint density at radius 2 is 2.09 bits per heavy atom. The number of benzene rings is 1. The van der Waals surface area contributed by atoms with E-state index in [2.05, 4.69) is 26.3 Å². The first-order valence-corrected chi connectivity index (χ1v) is 14.0. The number of rotatable bonds is 6. The van der Waals surface area contributed by atoms with E-state index in [9.17, 15) is 8.42 Å². The monoisotopic (exact) mass is 565 g/mol. The molecule has 11 heteroatoms. The number of halogens is 2. The van der Waals surface area contributed by atoms with E-state index in [0.717, 1.165) is 34.4 Å². The van der Waals surface area contributed by atoms with E-state index in [-0.39, 0.29) is 5.92 Å². The SMILES string of the molecule is O=S(=O)(c1cccs1)N1CCCC(CNc2cc(-c3ccccc3Cl)nc3c(Br)cnn23)C1. The van der Waals surface area contributed by atoms with Crippen molar-refractivity contribution in [3.8, 4) is 11.3 Å². The molecule has 1 aliphatic rings. The molecule has 33 heavy (non-hydrogen) atoms. The molecule has 0 spiro atoms. The van der Waals surface area contributed by atoms with Crippen molar-refractivity contribution in [2.75, 3.05) is 25.0 Å². The Kier molecular flexibility index (Phi) is 6.45. The van der Waals surface area contributed by atoms with Crippen molar-refractivity contribution in [2.45, 2.75) is 17.1 Å². The van der Waals surface area contributed by atoms with Crippen LogP contribution in [0.15, 0.2) is 62.7 Å². The van der Waals surface area contributed by atoms with Gasteiger partial charge in [0.2, 0.25) is 0 Å². The van der Waals surface area contributed by atoms with Crippen LogP contribution < -0.4 is 5.32 Å². The minimum absolute atomic E-state index is 0.180. The number of nitrogens with one attached hydrogen (secondary N) is 1. The van der Waals surface area contributed by atoms with Gasteiger partial charge >= 0.3 is 0 Å². The molecule has 1 aromatic carbocycles. The van der Waals surface area contributed by atoms with Gasteiger partial charge in [-0.25, -0.2) is 13.4 Å². The van der Waals surface area contributed by atoms with Gasteiger partial charge in [-0.05, 0) is 52.2 Å². The molecule has 0 bridgehead atoms.